The van der Waals surface area contributed by atoms with Crippen LogP contribution in [0.25, 0.3) is 28.0 Å². The van der Waals surface area contributed by atoms with Crippen molar-refractivity contribution in [2.75, 3.05) is 11.1 Å². The van der Waals surface area contributed by atoms with Crippen LogP contribution >= 0.6 is 0 Å². The zero-order valence-corrected chi connectivity index (χ0v) is 20.6. The molecule has 0 aliphatic heterocycles. The largest absolute Gasteiger partial charge is 0.402 e. The Balaban J connectivity index is 1.55. The van der Waals surface area contributed by atoms with Gasteiger partial charge in [-0.2, -0.15) is 13.2 Å². The molecule has 0 atom stereocenters. The van der Waals surface area contributed by atoms with Crippen LogP contribution in [-0.2, 0) is 22.1 Å². The number of sulfone groups is 1. The number of pyridine rings is 2. The van der Waals surface area contributed by atoms with E-state index in [1.165, 1.54) is 18.5 Å². The zero-order valence-electron chi connectivity index (χ0n) is 19.8. The monoisotopic (exact) mass is 538 g/mol. The van der Waals surface area contributed by atoms with Crippen molar-refractivity contribution in [2.45, 2.75) is 18.5 Å². The summed E-state index contributed by atoms with van der Waals surface area (Å²) in [6, 6.07) is 18.6. The molecule has 4 heterocycles. The second kappa shape index (κ2) is 10.2. The Kier molecular flexibility index (Phi) is 6.81. The van der Waals surface area contributed by atoms with Crippen LogP contribution in [0.5, 0.6) is 0 Å². The van der Waals surface area contributed by atoms with Crippen molar-refractivity contribution in [3.8, 4) is 22.5 Å². The van der Waals surface area contributed by atoms with Gasteiger partial charge in [0.15, 0.2) is 21.5 Å². The third-order valence-electron chi connectivity index (χ3n) is 5.58. The van der Waals surface area contributed by atoms with Crippen molar-refractivity contribution >= 4 is 21.2 Å². The number of aromatic nitrogens is 5. The van der Waals surface area contributed by atoms with Crippen LogP contribution in [0.2, 0.25) is 0 Å². The zero-order chi connectivity index (χ0) is 26.8. The van der Waals surface area contributed by atoms with Gasteiger partial charge in [-0.25, -0.2) is 17.9 Å². The number of nitrogens with one attached hydrogen (secondary N) is 1. The average molecular weight is 539 g/mol. The Labute approximate surface area is 216 Å². The van der Waals surface area contributed by atoms with Gasteiger partial charge in [0.1, 0.15) is 11.3 Å². The highest BCUT2D eigenvalue weighted by molar-refractivity contribution is 7.90. The maximum Gasteiger partial charge on any atom is 0.402 e. The second-order valence-corrected chi connectivity index (χ2v) is 10.6. The van der Waals surface area contributed by atoms with E-state index in [-0.39, 0.29) is 11.4 Å². The molecule has 194 valence electrons. The van der Waals surface area contributed by atoms with Crippen molar-refractivity contribution in [3.05, 3.63) is 96.7 Å². The van der Waals surface area contributed by atoms with Crippen LogP contribution in [0.1, 0.15) is 11.3 Å². The molecule has 0 spiro atoms. The number of fused-ring (bicyclic) bond motifs is 1. The van der Waals surface area contributed by atoms with Crippen LogP contribution in [0.15, 0.2) is 85.5 Å². The van der Waals surface area contributed by atoms with Gasteiger partial charge >= 0.3 is 6.18 Å². The lowest BCUT2D eigenvalue weighted by Gasteiger charge is -2.12. The van der Waals surface area contributed by atoms with Crippen molar-refractivity contribution in [1.29, 1.82) is 0 Å². The first-order chi connectivity index (χ1) is 18.2. The summed E-state index contributed by atoms with van der Waals surface area (Å²) in [6.07, 6.45) is 1.30. The minimum absolute atomic E-state index is 0.107. The molecule has 5 aromatic rings. The van der Waals surface area contributed by atoms with Crippen LogP contribution in [0, 0.1) is 0 Å². The van der Waals surface area contributed by atoms with Gasteiger partial charge in [-0.05, 0) is 35.4 Å². The maximum atomic E-state index is 12.7. The molecule has 0 saturated heterocycles. The molecule has 0 fully saturated rings. The van der Waals surface area contributed by atoms with Gasteiger partial charge in [0.05, 0.1) is 18.0 Å². The predicted octanol–water partition coefficient (Wildman–Crippen LogP) is 4.94. The molecule has 0 aliphatic rings. The molecule has 4 aromatic heterocycles. The molecule has 0 saturated carbocycles. The highest BCUT2D eigenvalue weighted by Gasteiger charge is 2.35. The van der Waals surface area contributed by atoms with E-state index in [0.29, 0.717) is 23.4 Å². The van der Waals surface area contributed by atoms with Gasteiger partial charge in [-0.3, -0.25) is 9.97 Å². The molecule has 5 rings (SSSR count). The molecule has 0 unspecified atom stereocenters. The van der Waals surface area contributed by atoms with E-state index >= 15 is 0 Å². The summed E-state index contributed by atoms with van der Waals surface area (Å²) in [5.41, 5.74) is 3.83. The molecule has 0 aliphatic carbocycles. The highest BCUT2D eigenvalue weighted by atomic mass is 32.2. The molecule has 12 heteroatoms. The number of halogens is 3. The van der Waals surface area contributed by atoms with Gasteiger partial charge < -0.3 is 5.32 Å². The van der Waals surface area contributed by atoms with Crippen molar-refractivity contribution < 1.29 is 21.6 Å². The quantitative estimate of drug-likeness (QED) is 0.299. The lowest BCUT2D eigenvalue weighted by Crippen LogP contribution is -2.24. The summed E-state index contributed by atoms with van der Waals surface area (Å²) in [5.74, 6) is -1.99. The van der Waals surface area contributed by atoms with Gasteiger partial charge in [0.2, 0.25) is 0 Å². The highest BCUT2D eigenvalue weighted by Crippen LogP contribution is 2.31. The normalized spacial score (nSPS) is 12.1. The number of benzene rings is 1. The predicted molar refractivity (Wildman–Crippen MR) is 137 cm³/mol. The number of hydrogen-bond acceptors (Lipinski definition) is 7. The van der Waals surface area contributed by atoms with Crippen molar-refractivity contribution in [1.82, 2.24) is 24.6 Å². The van der Waals surface area contributed by atoms with E-state index < -0.39 is 27.5 Å². The summed E-state index contributed by atoms with van der Waals surface area (Å²) in [7, 11) is -4.43. The van der Waals surface area contributed by atoms with E-state index in [2.05, 4.69) is 20.4 Å². The number of hydrogen-bond donors (Lipinski definition) is 1. The molecule has 1 aromatic carbocycles. The number of nitrogens with zero attached hydrogens (tertiary/aromatic N) is 5. The SMILES string of the molecule is O=S(=O)(Cc1cncc(-c2nc(NCc3ccccn3)c3c(-c4ccccc4)ccn3n2)c1)CC(F)(F)F. The van der Waals surface area contributed by atoms with Gasteiger partial charge in [-0.15, -0.1) is 5.10 Å². The van der Waals surface area contributed by atoms with Crippen LogP contribution < -0.4 is 5.32 Å². The molecular formula is C26H21F3N6O2S. The lowest BCUT2D eigenvalue weighted by atomic mass is 10.1. The average Bonchev–Trinajstić information content (AvgIpc) is 3.31. The first kappa shape index (κ1) is 25.3. The van der Waals surface area contributed by atoms with Crippen molar-refractivity contribution in [3.63, 3.8) is 0 Å². The van der Waals surface area contributed by atoms with E-state index in [0.717, 1.165) is 16.8 Å². The summed E-state index contributed by atoms with van der Waals surface area (Å²) in [6.45, 7) is 0.375. The smallest absolute Gasteiger partial charge is 0.363 e. The topological polar surface area (TPSA) is 102 Å². The molecule has 0 bridgehead atoms. The fraction of sp³-hybridized carbons (Fsp3) is 0.154. The summed E-state index contributed by atoms with van der Waals surface area (Å²) < 4.78 is 63.8. The number of anilines is 1. The Morgan fingerprint density at radius 2 is 1.74 bits per heavy atom. The second-order valence-electron chi connectivity index (χ2n) is 8.58. The van der Waals surface area contributed by atoms with Crippen LogP contribution in [0.3, 0.4) is 0 Å². The first-order valence-electron chi connectivity index (χ1n) is 11.5. The van der Waals surface area contributed by atoms with Gasteiger partial charge in [0, 0.05) is 35.9 Å². The Morgan fingerprint density at radius 3 is 2.47 bits per heavy atom. The Hall–Kier alpha value is -4.32. The fourth-order valence-corrected chi connectivity index (χ4v) is 5.31. The molecule has 38 heavy (non-hydrogen) atoms. The first-order valence-corrected chi connectivity index (χ1v) is 13.3. The summed E-state index contributed by atoms with van der Waals surface area (Å²) >= 11 is 0. The molecule has 8 nitrogen and oxygen atoms in total. The summed E-state index contributed by atoms with van der Waals surface area (Å²) in [5, 5.41) is 7.90. The lowest BCUT2D eigenvalue weighted by molar-refractivity contribution is -0.106. The standard InChI is InChI=1S/C26H21F3N6O2S/c27-26(28,29)17-38(36,37)16-18-12-20(14-30-13-18)24-33-25(32-15-21-8-4-5-10-31-21)23-22(9-11-35(23)34-24)19-6-2-1-3-7-19/h1-14H,15-17H2,(H,32,33,34). The van der Waals surface area contributed by atoms with Crippen molar-refractivity contribution in [2.24, 2.45) is 0 Å². The van der Waals surface area contributed by atoms with Gasteiger partial charge in [-0.1, -0.05) is 36.4 Å². The Bertz CT molecular complexity index is 1670. The fourth-order valence-electron chi connectivity index (χ4n) is 4.04. The molecular weight excluding hydrogens is 517 g/mol. The van der Waals surface area contributed by atoms with E-state index in [1.54, 1.807) is 16.9 Å². The van der Waals surface area contributed by atoms with E-state index in [9.17, 15) is 21.6 Å². The van der Waals surface area contributed by atoms with Gasteiger partial charge in [0.25, 0.3) is 0 Å². The Morgan fingerprint density at radius 1 is 0.947 bits per heavy atom. The molecule has 0 amide bonds. The third-order valence-corrected chi connectivity index (χ3v) is 7.12. The summed E-state index contributed by atoms with van der Waals surface area (Å²) in [4.78, 5) is 13.1. The number of alkyl halides is 3. The minimum atomic E-state index is -4.82. The maximum absolute atomic E-state index is 12.7. The number of rotatable bonds is 8. The van der Waals surface area contributed by atoms with Crippen LogP contribution in [-0.4, -0.2) is 44.9 Å². The van der Waals surface area contributed by atoms with E-state index in [4.69, 9.17) is 4.98 Å². The third kappa shape index (κ3) is 5.97. The molecule has 1 N–H and O–H groups in total. The minimum Gasteiger partial charge on any atom is -0.363 e. The van der Waals surface area contributed by atoms with E-state index in [1.807, 2.05) is 54.6 Å². The molecule has 0 radical (unpaired) electrons. The van der Waals surface area contributed by atoms with Crippen LogP contribution in [0.4, 0.5) is 19.0 Å².